The third-order valence-electron chi connectivity index (χ3n) is 4.83. The second-order valence-electron chi connectivity index (χ2n) is 7.07. The molecule has 30 heavy (non-hydrogen) atoms. The van der Waals surface area contributed by atoms with E-state index in [0.717, 1.165) is 32.5 Å². The van der Waals surface area contributed by atoms with Gasteiger partial charge in [0.25, 0.3) is 15.9 Å². The number of carbonyl (C=O) groups is 1. The van der Waals surface area contributed by atoms with Crippen molar-refractivity contribution >= 4 is 55.2 Å². The maximum atomic E-state index is 13.4. The highest BCUT2D eigenvalue weighted by atomic mass is 79.9. The van der Waals surface area contributed by atoms with E-state index in [0.29, 0.717) is 12.3 Å². The Morgan fingerprint density at radius 3 is 2.37 bits per heavy atom. The summed E-state index contributed by atoms with van der Waals surface area (Å²) in [6.07, 6.45) is 3.45. The van der Waals surface area contributed by atoms with Crippen LogP contribution in [0.5, 0.6) is 0 Å². The maximum Gasteiger partial charge on any atom is 0.267 e. The van der Waals surface area contributed by atoms with E-state index in [1.165, 1.54) is 17.8 Å². The summed E-state index contributed by atoms with van der Waals surface area (Å²) < 4.78 is 27.8. The lowest BCUT2D eigenvalue weighted by Crippen LogP contribution is -2.51. The van der Waals surface area contributed by atoms with E-state index in [9.17, 15) is 13.2 Å². The van der Waals surface area contributed by atoms with Crippen molar-refractivity contribution in [3.8, 4) is 0 Å². The summed E-state index contributed by atoms with van der Waals surface area (Å²) in [6.45, 7) is 1.89. The molecule has 1 aliphatic heterocycles. The SMILES string of the molecule is Cc1ccc(S(=O)(=O)N2C(=O)C=C(Sc3ccccc3)[C@@H](Br)[C@@H]2CCCCCl)cc1. The first-order chi connectivity index (χ1) is 14.3. The molecule has 0 bridgehead atoms. The van der Waals surface area contributed by atoms with E-state index < -0.39 is 22.0 Å². The van der Waals surface area contributed by atoms with E-state index in [4.69, 9.17) is 11.6 Å². The largest absolute Gasteiger partial charge is 0.269 e. The fourth-order valence-corrected chi connectivity index (χ4v) is 7.11. The number of benzene rings is 2. The minimum absolute atomic E-state index is 0.121. The molecule has 4 nitrogen and oxygen atoms in total. The third kappa shape index (κ3) is 5.31. The van der Waals surface area contributed by atoms with Gasteiger partial charge in [-0.25, -0.2) is 12.7 Å². The highest BCUT2D eigenvalue weighted by molar-refractivity contribution is 9.09. The second kappa shape index (κ2) is 10.4. The minimum Gasteiger partial charge on any atom is -0.269 e. The van der Waals surface area contributed by atoms with Crippen molar-refractivity contribution in [2.45, 2.75) is 46.8 Å². The summed E-state index contributed by atoms with van der Waals surface area (Å²) in [5.41, 5.74) is 0.956. The molecule has 8 heteroatoms. The van der Waals surface area contributed by atoms with Crippen LogP contribution < -0.4 is 0 Å². The number of unbranched alkanes of at least 4 members (excludes halogenated alkanes) is 1. The standard InChI is InChI=1S/C22H23BrClNO3S2/c1-16-10-12-18(13-11-16)30(27,28)25-19(9-5-6-14-24)22(23)20(15-21(25)26)29-17-7-3-2-4-8-17/h2-4,7-8,10-13,15,19,22H,5-6,9,14H2,1H3/t19-,22-/m0/s1. The Bertz CT molecular complexity index is 1010. The molecule has 0 aliphatic carbocycles. The number of sulfonamides is 1. The lowest BCUT2D eigenvalue weighted by molar-refractivity contribution is -0.123. The van der Waals surface area contributed by atoms with Crippen molar-refractivity contribution in [2.75, 3.05) is 5.88 Å². The molecular weight excluding hydrogens is 506 g/mol. The highest BCUT2D eigenvalue weighted by Gasteiger charge is 2.42. The molecule has 1 aliphatic rings. The van der Waals surface area contributed by atoms with Crippen LogP contribution in [0.3, 0.4) is 0 Å². The van der Waals surface area contributed by atoms with Crippen LogP contribution >= 0.6 is 39.3 Å². The van der Waals surface area contributed by atoms with Crippen LogP contribution in [0.15, 0.2) is 75.4 Å². The zero-order valence-corrected chi connectivity index (χ0v) is 20.5. The van der Waals surface area contributed by atoms with E-state index in [-0.39, 0.29) is 9.72 Å². The van der Waals surface area contributed by atoms with Crippen molar-refractivity contribution in [2.24, 2.45) is 0 Å². The van der Waals surface area contributed by atoms with Gasteiger partial charge in [-0.3, -0.25) is 4.79 Å². The summed E-state index contributed by atoms with van der Waals surface area (Å²) in [4.78, 5) is 14.7. The summed E-state index contributed by atoms with van der Waals surface area (Å²) in [5, 5.41) is 0. The number of thioether (sulfide) groups is 1. The Balaban J connectivity index is 1.97. The molecule has 2 atom stereocenters. The Morgan fingerprint density at radius 2 is 1.73 bits per heavy atom. The van der Waals surface area contributed by atoms with Crippen LogP contribution in [-0.4, -0.2) is 35.4 Å². The van der Waals surface area contributed by atoms with Gasteiger partial charge in [-0.15, -0.1) is 11.6 Å². The lowest BCUT2D eigenvalue weighted by atomic mass is 10.0. The topological polar surface area (TPSA) is 54.5 Å². The van der Waals surface area contributed by atoms with E-state index in [1.807, 2.05) is 37.3 Å². The fraction of sp³-hybridized carbons (Fsp3) is 0.318. The highest BCUT2D eigenvalue weighted by Crippen LogP contribution is 2.40. The molecule has 0 radical (unpaired) electrons. The number of hydrogen-bond donors (Lipinski definition) is 0. The van der Waals surface area contributed by atoms with Crippen molar-refractivity contribution in [1.82, 2.24) is 4.31 Å². The number of alkyl halides is 2. The van der Waals surface area contributed by atoms with Crippen molar-refractivity contribution < 1.29 is 13.2 Å². The number of aryl methyl sites for hydroxylation is 1. The minimum atomic E-state index is -3.98. The van der Waals surface area contributed by atoms with Gasteiger partial charge in [-0.2, -0.15) is 0 Å². The van der Waals surface area contributed by atoms with E-state index in [1.54, 1.807) is 24.3 Å². The number of rotatable bonds is 8. The molecule has 0 N–H and O–H groups in total. The van der Waals surface area contributed by atoms with Gasteiger partial charge in [-0.1, -0.05) is 70.0 Å². The Kier molecular flexibility index (Phi) is 8.07. The first-order valence-electron chi connectivity index (χ1n) is 9.64. The zero-order valence-electron chi connectivity index (χ0n) is 16.5. The van der Waals surface area contributed by atoms with Gasteiger partial charge >= 0.3 is 0 Å². The molecule has 0 saturated heterocycles. The molecule has 0 aromatic heterocycles. The molecule has 160 valence electrons. The average Bonchev–Trinajstić information content (AvgIpc) is 2.72. The Hall–Kier alpha value is -1.28. The molecule has 3 rings (SSSR count). The molecule has 0 unspecified atom stereocenters. The van der Waals surface area contributed by atoms with Crippen LogP contribution in [0, 0.1) is 6.92 Å². The molecular formula is C22H23BrClNO3S2. The molecule has 0 fully saturated rings. The molecule has 0 saturated carbocycles. The monoisotopic (exact) mass is 527 g/mol. The van der Waals surface area contributed by atoms with E-state index >= 15 is 0 Å². The van der Waals surface area contributed by atoms with Crippen LogP contribution in [0.4, 0.5) is 0 Å². The fourth-order valence-electron chi connectivity index (χ4n) is 3.28. The Morgan fingerprint density at radius 1 is 1.07 bits per heavy atom. The van der Waals surface area contributed by atoms with Crippen LogP contribution in [0.25, 0.3) is 0 Å². The lowest BCUT2D eigenvalue weighted by Gasteiger charge is -2.37. The number of amides is 1. The first kappa shape index (κ1) is 23.4. The summed E-state index contributed by atoms with van der Waals surface area (Å²) in [6, 6.07) is 15.8. The maximum absolute atomic E-state index is 13.4. The molecule has 1 amide bonds. The zero-order chi connectivity index (χ0) is 21.7. The molecule has 0 spiro atoms. The summed E-state index contributed by atoms with van der Waals surface area (Å²) >= 11 is 11.0. The summed E-state index contributed by atoms with van der Waals surface area (Å²) in [7, 11) is -3.98. The van der Waals surface area contributed by atoms with Crippen molar-refractivity contribution in [3.63, 3.8) is 0 Å². The van der Waals surface area contributed by atoms with Crippen molar-refractivity contribution in [3.05, 3.63) is 71.1 Å². The van der Waals surface area contributed by atoms with Crippen LogP contribution in [0.2, 0.25) is 0 Å². The number of nitrogens with zero attached hydrogens (tertiary/aromatic N) is 1. The molecule has 1 heterocycles. The number of halogens is 2. The van der Waals surface area contributed by atoms with Gasteiger partial charge in [0, 0.05) is 21.8 Å². The van der Waals surface area contributed by atoms with Gasteiger partial charge in [-0.05, 0) is 44.0 Å². The average molecular weight is 529 g/mol. The predicted octanol–water partition coefficient (Wildman–Crippen LogP) is 5.74. The van der Waals surface area contributed by atoms with Crippen LogP contribution in [-0.2, 0) is 14.8 Å². The Labute approximate surface area is 195 Å². The molecule has 2 aromatic carbocycles. The third-order valence-corrected chi connectivity index (χ3v) is 9.46. The van der Waals surface area contributed by atoms with Gasteiger partial charge < -0.3 is 0 Å². The second-order valence-corrected chi connectivity index (χ2v) is 11.4. The predicted molar refractivity (Wildman–Crippen MR) is 127 cm³/mol. The van der Waals surface area contributed by atoms with Crippen LogP contribution in [0.1, 0.15) is 24.8 Å². The first-order valence-corrected chi connectivity index (χ1v) is 13.3. The van der Waals surface area contributed by atoms with Gasteiger partial charge in [0.2, 0.25) is 0 Å². The van der Waals surface area contributed by atoms with Gasteiger partial charge in [0.05, 0.1) is 15.8 Å². The number of hydrogen-bond acceptors (Lipinski definition) is 4. The van der Waals surface area contributed by atoms with Crippen molar-refractivity contribution in [1.29, 1.82) is 0 Å². The smallest absolute Gasteiger partial charge is 0.267 e. The number of carbonyl (C=O) groups excluding carboxylic acids is 1. The molecule has 2 aromatic rings. The normalized spacial score (nSPS) is 19.6. The summed E-state index contributed by atoms with van der Waals surface area (Å²) in [5.74, 6) is -0.0136. The van der Waals surface area contributed by atoms with E-state index in [2.05, 4.69) is 15.9 Å². The quantitative estimate of drug-likeness (QED) is 0.324. The van der Waals surface area contributed by atoms with Gasteiger partial charge in [0.1, 0.15) is 0 Å². The van der Waals surface area contributed by atoms with Gasteiger partial charge in [0.15, 0.2) is 0 Å².